The number of carbonyl (C=O) groups excluding carboxylic acids is 1. The minimum absolute atomic E-state index is 0.319. The number of morpholine rings is 1. The van der Waals surface area contributed by atoms with Gasteiger partial charge in [0.25, 0.3) is 5.91 Å². The van der Waals surface area contributed by atoms with Crippen LogP contribution in [0.2, 0.25) is 0 Å². The summed E-state index contributed by atoms with van der Waals surface area (Å²) < 4.78 is 10.4. The van der Waals surface area contributed by atoms with Gasteiger partial charge < -0.3 is 19.5 Å². The maximum atomic E-state index is 12.2. The Balaban J connectivity index is 1.85. The maximum absolute atomic E-state index is 12.2. The van der Waals surface area contributed by atoms with Crippen molar-refractivity contribution in [2.24, 2.45) is 0 Å². The molecule has 1 aromatic rings. The third kappa shape index (κ3) is 1.99. The van der Waals surface area contributed by atoms with E-state index in [1.807, 2.05) is 30.3 Å². The summed E-state index contributed by atoms with van der Waals surface area (Å²) in [4.78, 5) is 24.7. The lowest BCUT2D eigenvalue weighted by Gasteiger charge is -2.32. The quantitative estimate of drug-likeness (QED) is 0.880. The number of carboxylic acids is 1. The summed E-state index contributed by atoms with van der Waals surface area (Å²) in [7, 11) is 0. The van der Waals surface area contributed by atoms with Crippen LogP contribution in [0, 0.1) is 0 Å². The van der Waals surface area contributed by atoms with E-state index in [-0.39, 0.29) is 0 Å². The van der Waals surface area contributed by atoms with Crippen LogP contribution in [0.5, 0.6) is 0 Å². The van der Waals surface area contributed by atoms with Gasteiger partial charge in [-0.25, -0.2) is 4.79 Å². The molecular formula is C14H13NO5. The topological polar surface area (TPSA) is 76.1 Å². The molecule has 0 aromatic heterocycles. The number of aliphatic carboxylic acids is 1. The minimum Gasteiger partial charge on any atom is -0.479 e. The molecular weight excluding hydrogens is 262 g/mol. The molecule has 20 heavy (non-hydrogen) atoms. The van der Waals surface area contributed by atoms with Gasteiger partial charge >= 0.3 is 5.97 Å². The van der Waals surface area contributed by atoms with Crippen molar-refractivity contribution in [1.82, 2.24) is 4.90 Å². The number of carbonyl (C=O) groups is 2. The van der Waals surface area contributed by atoms with Gasteiger partial charge in [-0.15, -0.1) is 0 Å². The van der Waals surface area contributed by atoms with Crippen molar-refractivity contribution in [3.63, 3.8) is 0 Å². The fourth-order valence-electron chi connectivity index (χ4n) is 2.37. The number of rotatable bonds is 3. The smallest absolute Gasteiger partial charge is 0.336 e. The number of nitrogens with zero attached hydrogens (tertiary/aromatic N) is 1. The first-order valence-electron chi connectivity index (χ1n) is 6.16. The summed E-state index contributed by atoms with van der Waals surface area (Å²) in [5.74, 6) is -1.58. The molecule has 0 aliphatic carbocycles. The Bertz CT molecular complexity index is 570. The van der Waals surface area contributed by atoms with Crippen LogP contribution in [0.4, 0.5) is 0 Å². The second kappa shape index (κ2) is 4.73. The van der Waals surface area contributed by atoms with Crippen molar-refractivity contribution in [3.8, 4) is 0 Å². The predicted octanol–water partition coefficient (Wildman–Crippen LogP) is 0.737. The first-order chi connectivity index (χ1) is 9.58. The highest BCUT2D eigenvalue weighted by molar-refractivity contribution is 5.85. The van der Waals surface area contributed by atoms with Crippen LogP contribution in [0.25, 0.3) is 0 Å². The molecule has 0 radical (unpaired) electrons. The van der Waals surface area contributed by atoms with Crippen molar-refractivity contribution >= 4 is 11.9 Å². The van der Waals surface area contributed by atoms with Gasteiger partial charge in [0.1, 0.15) is 6.10 Å². The van der Waals surface area contributed by atoms with Crippen LogP contribution in [-0.2, 0) is 25.6 Å². The molecule has 2 aliphatic heterocycles. The maximum Gasteiger partial charge on any atom is 0.336 e. The number of fused-ring (bicyclic) bond motifs is 2. The molecule has 2 aliphatic rings. The van der Waals surface area contributed by atoms with Crippen molar-refractivity contribution < 1.29 is 24.2 Å². The number of hydrogen-bond acceptors (Lipinski definition) is 4. The van der Waals surface area contributed by atoms with E-state index in [0.29, 0.717) is 12.2 Å². The normalized spacial score (nSPS) is 28.8. The van der Waals surface area contributed by atoms with Gasteiger partial charge in [0, 0.05) is 5.70 Å². The largest absolute Gasteiger partial charge is 0.479 e. The zero-order valence-electron chi connectivity index (χ0n) is 10.6. The lowest BCUT2D eigenvalue weighted by atomic mass is 10.1. The fraction of sp³-hybridized carbons (Fsp3) is 0.286. The Kier molecular flexibility index (Phi) is 3.04. The lowest BCUT2D eigenvalue weighted by molar-refractivity contribution is -0.168. The molecule has 3 atom stereocenters. The van der Waals surface area contributed by atoms with Gasteiger partial charge in [-0.05, 0) is 5.56 Å². The zero-order valence-corrected chi connectivity index (χ0v) is 10.6. The van der Waals surface area contributed by atoms with Crippen molar-refractivity contribution in [3.05, 3.63) is 48.2 Å². The number of amides is 1. The molecule has 6 heteroatoms. The fourth-order valence-corrected chi connectivity index (χ4v) is 2.37. The first kappa shape index (κ1) is 12.8. The molecule has 0 unspecified atom stereocenters. The molecule has 2 saturated heterocycles. The van der Waals surface area contributed by atoms with Crippen molar-refractivity contribution in [1.29, 1.82) is 0 Å². The van der Waals surface area contributed by atoms with E-state index in [4.69, 9.17) is 14.6 Å². The highest BCUT2D eigenvalue weighted by Gasteiger charge is 2.52. The molecule has 1 aromatic carbocycles. The van der Waals surface area contributed by atoms with Gasteiger partial charge in [0.2, 0.25) is 6.29 Å². The first-order valence-corrected chi connectivity index (χ1v) is 6.16. The van der Waals surface area contributed by atoms with E-state index >= 15 is 0 Å². The lowest BCUT2D eigenvalue weighted by Crippen LogP contribution is -2.46. The van der Waals surface area contributed by atoms with E-state index in [1.165, 1.54) is 4.90 Å². The standard InChI is InChI=1S/C14H13NO5/c1-8-10-11(13(17)18)20-14(19-10)12(16)15(8)7-9-5-3-2-4-6-9/h2-6,10-11,14H,1,7H2,(H,17,18)/t10-,11+,14+/m0/s1. The van der Waals surface area contributed by atoms with E-state index in [1.54, 1.807) is 0 Å². The number of benzene rings is 1. The molecule has 0 spiro atoms. The van der Waals surface area contributed by atoms with Crippen LogP contribution in [0.1, 0.15) is 5.56 Å². The number of hydrogen-bond donors (Lipinski definition) is 1. The average molecular weight is 275 g/mol. The van der Waals surface area contributed by atoms with Gasteiger partial charge in [0.05, 0.1) is 6.54 Å². The SMILES string of the molecule is C=C1[C@@H]2O[C@H](O[C@H]2C(=O)O)C(=O)N1Cc1ccccc1. The van der Waals surface area contributed by atoms with E-state index in [2.05, 4.69) is 6.58 Å². The highest BCUT2D eigenvalue weighted by atomic mass is 16.7. The predicted molar refractivity (Wildman–Crippen MR) is 67.3 cm³/mol. The highest BCUT2D eigenvalue weighted by Crippen LogP contribution is 2.34. The Labute approximate surface area is 115 Å². The van der Waals surface area contributed by atoms with Gasteiger partial charge in [0.15, 0.2) is 6.10 Å². The van der Waals surface area contributed by atoms with Gasteiger partial charge in [-0.2, -0.15) is 0 Å². The molecule has 6 nitrogen and oxygen atoms in total. The van der Waals surface area contributed by atoms with E-state index in [9.17, 15) is 9.59 Å². The summed E-state index contributed by atoms with van der Waals surface area (Å²) in [6.45, 7) is 4.11. The van der Waals surface area contributed by atoms with Crippen LogP contribution in [-0.4, -0.2) is 40.4 Å². The molecule has 1 N–H and O–H groups in total. The Hall–Kier alpha value is -2.18. The molecule has 2 heterocycles. The second-order valence-electron chi connectivity index (χ2n) is 4.68. The Morgan fingerprint density at radius 2 is 2.00 bits per heavy atom. The summed E-state index contributed by atoms with van der Waals surface area (Å²) >= 11 is 0. The molecule has 0 saturated carbocycles. The van der Waals surface area contributed by atoms with Crippen LogP contribution < -0.4 is 0 Å². The molecule has 104 valence electrons. The number of ether oxygens (including phenoxy) is 2. The average Bonchev–Trinajstić information content (AvgIpc) is 2.85. The Morgan fingerprint density at radius 3 is 2.65 bits per heavy atom. The second-order valence-corrected chi connectivity index (χ2v) is 4.68. The third-order valence-electron chi connectivity index (χ3n) is 3.39. The van der Waals surface area contributed by atoms with Crippen LogP contribution in [0.3, 0.4) is 0 Å². The van der Waals surface area contributed by atoms with Crippen LogP contribution in [0.15, 0.2) is 42.6 Å². The van der Waals surface area contributed by atoms with Crippen LogP contribution >= 0.6 is 0 Å². The van der Waals surface area contributed by atoms with Gasteiger partial charge in [-0.3, -0.25) is 4.79 Å². The van der Waals surface area contributed by atoms with E-state index < -0.39 is 30.4 Å². The Morgan fingerprint density at radius 1 is 1.30 bits per heavy atom. The molecule has 2 fully saturated rings. The number of carboxylic acid groups (broad SMARTS) is 1. The van der Waals surface area contributed by atoms with Gasteiger partial charge in [-0.1, -0.05) is 36.9 Å². The van der Waals surface area contributed by atoms with Crippen molar-refractivity contribution in [2.45, 2.75) is 25.0 Å². The van der Waals surface area contributed by atoms with Crippen molar-refractivity contribution in [2.75, 3.05) is 0 Å². The minimum atomic E-state index is -1.18. The molecule has 3 rings (SSSR count). The summed E-state index contributed by atoms with van der Waals surface area (Å²) in [6, 6.07) is 9.38. The summed E-state index contributed by atoms with van der Waals surface area (Å²) in [5.41, 5.74) is 1.25. The molecule has 2 bridgehead atoms. The van der Waals surface area contributed by atoms with E-state index in [0.717, 1.165) is 5.56 Å². The third-order valence-corrected chi connectivity index (χ3v) is 3.39. The molecule has 1 amide bonds. The monoisotopic (exact) mass is 275 g/mol. The zero-order chi connectivity index (χ0) is 14.3. The summed E-state index contributed by atoms with van der Waals surface area (Å²) in [6.07, 6.45) is -3.16. The summed E-state index contributed by atoms with van der Waals surface area (Å²) in [5, 5.41) is 9.06.